The molecule has 0 saturated heterocycles. The predicted octanol–water partition coefficient (Wildman–Crippen LogP) is 6.09. The lowest BCUT2D eigenvalue weighted by Gasteiger charge is -2.35. The number of nitrogens with one attached hydrogen (secondary N) is 1. The van der Waals surface area contributed by atoms with E-state index in [9.17, 15) is 9.59 Å². The summed E-state index contributed by atoms with van der Waals surface area (Å²) < 4.78 is 3.36. The van der Waals surface area contributed by atoms with Crippen LogP contribution in [-0.2, 0) is 16.6 Å². The summed E-state index contributed by atoms with van der Waals surface area (Å²) >= 11 is 12.4. The number of benzene rings is 2. The van der Waals surface area contributed by atoms with Gasteiger partial charge < -0.3 is 10.2 Å². The van der Waals surface area contributed by atoms with E-state index in [0.29, 0.717) is 30.1 Å². The Morgan fingerprint density at radius 3 is 2.71 bits per heavy atom. The van der Waals surface area contributed by atoms with Crippen LogP contribution in [0, 0.1) is 5.92 Å². The van der Waals surface area contributed by atoms with Crippen molar-refractivity contribution in [3.63, 3.8) is 0 Å². The Hall–Kier alpha value is -3.95. The lowest BCUT2D eigenvalue weighted by Crippen LogP contribution is -2.37. The fraction of sp³-hybridized carbons (Fsp3) is 0.300. The van der Waals surface area contributed by atoms with Crippen LogP contribution in [0.2, 0.25) is 10.2 Å². The number of halogens is 2. The second-order valence-corrected chi connectivity index (χ2v) is 11.4. The molecule has 4 aromatic rings. The van der Waals surface area contributed by atoms with Gasteiger partial charge in [-0.3, -0.25) is 14.3 Å². The quantitative estimate of drug-likeness (QED) is 0.312. The van der Waals surface area contributed by atoms with Crippen LogP contribution in [0.15, 0.2) is 60.9 Å². The molecular weight excluding hydrogens is 561 g/mol. The normalized spacial score (nSPS) is 19.6. The molecule has 0 spiro atoms. The van der Waals surface area contributed by atoms with Gasteiger partial charge in [0.1, 0.15) is 0 Å². The third kappa shape index (κ3) is 5.39. The number of anilines is 1. The van der Waals surface area contributed by atoms with Crippen molar-refractivity contribution in [1.82, 2.24) is 29.7 Å². The zero-order chi connectivity index (χ0) is 28.7. The van der Waals surface area contributed by atoms with E-state index in [0.717, 1.165) is 46.5 Å². The molecule has 2 amide bonds. The highest BCUT2D eigenvalue weighted by Crippen LogP contribution is 2.37. The predicted molar refractivity (Wildman–Crippen MR) is 159 cm³/mol. The van der Waals surface area contributed by atoms with Crippen molar-refractivity contribution < 1.29 is 9.59 Å². The molecule has 0 radical (unpaired) electrons. The number of aryl methyl sites for hydroxylation is 1. The number of fused-ring (bicyclic) bond motifs is 4. The van der Waals surface area contributed by atoms with Crippen LogP contribution in [0.1, 0.15) is 49.8 Å². The van der Waals surface area contributed by atoms with Gasteiger partial charge in [-0.15, -0.1) is 5.10 Å². The zero-order valence-corrected chi connectivity index (χ0v) is 24.2. The van der Waals surface area contributed by atoms with Crippen LogP contribution in [0.4, 0.5) is 5.69 Å². The maximum atomic E-state index is 13.8. The van der Waals surface area contributed by atoms with Gasteiger partial charge >= 0.3 is 0 Å². The average molecular weight is 591 g/mol. The van der Waals surface area contributed by atoms with Crippen LogP contribution >= 0.6 is 23.2 Å². The van der Waals surface area contributed by atoms with Crippen molar-refractivity contribution in [3.8, 4) is 16.9 Å². The molecule has 2 aliphatic rings. The third-order valence-corrected chi connectivity index (χ3v) is 8.31. The summed E-state index contributed by atoms with van der Waals surface area (Å²) in [5.41, 5.74) is 5.95. The van der Waals surface area contributed by atoms with E-state index in [4.69, 9.17) is 23.2 Å². The summed E-state index contributed by atoms with van der Waals surface area (Å²) in [7, 11) is 1.86. The first kappa shape index (κ1) is 27.2. The SMILES string of the molecule is C[C@@H]1CCC[C@H](N2CCC(c3cc(Cl)ccc3-n3cc(Cl)nn3)=CC2=O)c2cccc(c2)-c2c(cnn2C)NC1=O. The Labute approximate surface area is 247 Å². The number of carbonyl (C=O) groups is 2. The first-order valence-corrected chi connectivity index (χ1v) is 14.4. The third-order valence-electron chi connectivity index (χ3n) is 7.90. The van der Waals surface area contributed by atoms with Gasteiger partial charge in [0.15, 0.2) is 5.15 Å². The monoisotopic (exact) mass is 589 g/mol. The lowest BCUT2D eigenvalue weighted by atomic mass is 9.91. The topological polar surface area (TPSA) is 97.9 Å². The number of hydrogen-bond donors (Lipinski definition) is 1. The molecule has 2 aromatic carbocycles. The minimum Gasteiger partial charge on any atom is -0.332 e. The van der Waals surface area contributed by atoms with Gasteiger partial charge in [0.05, 0.1) is 35.5 Å². The standard InChI is InChI=1S/C30H29Cl2N7O2/c1-18-5-3-8-25(20-6-4-7-21(13-20)29-24(34-30(18)41)16-33-37(29)2)38-12-11-19(14-28(38)40)23-15-22(31)9-10-26(23)39-17-27(32)35-36-39/h4,6-7,9-10,13-18,25H,3,5,8,11-12H2,1-2H3,(H,34,41)/t18-,25+/m1/s1. The summed E-state index contributed by atoms with van der Waals surface area (Å²) in [5, 5.41) is 16.3. The Morgan fingerprint density at radius 1 is 1.07 bits per heavy atom. The molecule has 6 rings (SSSR count). The Morgan fingerprint density at radius 2 is 1.93 bits per heavy atom. The van der Waals surface area contributed by atoms with E-state index < -0.39 is 0 Å². The van der Waals surface area contributed by atoms with E-state index >= 15 is 0 Å². The maximum absolute atomic E-state index is 13.8. The fourth-order valence-electron chi connectivity index (χ4n) is 5.77. The van der Waals surface area contributed by atoms with Gasteiger partial charge in [-0.05, 0) is 54.7 Å². The second kappa shape index (κ2) is 11.1. The number of hydrogen-bond acceptors (Lipinski definition) is 5. The molecule has 9 nitrogen and oxygen atoms in total. The summed E-state index contributed by atoms with van der Waals surface area (Å²) in [6.45, 7) is 2.48. The highest BCUT2D eigenvalue weighted by Gasteiger charge is 2.30. The van der Waals surface area contributed by atoms with Crippen molar-refractivity contribution in [2.24, 2.45) is 13.0 Å². The number of amides is 2. The molecule has 0 saturated carbocycles. The van der Waals surface area contributed by atoms with Gasteiger partial charge in [-0.25, -0.2) is 4.68 Å². The summed E-state index contributed by atoms with van der Waals surface area (Å²) in [4.78, 5) is 28.7. The molecule has 210 valence electrons. The Kier molecular flexibility index (Phi) is 7.40. The first-order valence-electron chi connectivity index (χ1n) is 13.6. The van der Waals surface area contributed by atoms with E-state index in [1.165, 1.54) is 0 Å². The van der Waals surface area contributed by atoms with Crippen LogP contribution in [0.3, 0.4) is 0 Å². The summed E-state index contributed by atoms with van der Waals surface area (Å²) in [6.07, 6.45) is 7.91. The molecule has 0 unspecified atom stereocenters. The van der Waals surface area contributed by atoms with Crippen LogP contribution < -0.4 is 5.32 Å². The average Bonchev–Trinajstić information content (AvgIpc) is 3.55. The molecule has 0 fully saturated rings. The summed E-state index contributed by atoms with van der Waals surface area (Å²) in [5.74, 6) is -0.264. The molecule has 1 N–H and O–H groups in total. The molecule has 2 bridgehead atoms. The van der Waals surface area contributed by atoms with Crippen molar-refractivity contribution in [2.45, 2.75) is 38.6 Å². The largest absolute Gasteiger partial charge is 0.332 e. The van der Waals surface area contributed by atoms with Crippen LogP contribution in [0.5, 0.6) is 0 Å². The highest BCUT2D eigenvalue weighted by molar-refractivity contribution is 6.31. The van der Waals surface area contributed by atoms with E-state index in [1.54, 1.807) is 33.9 Å². The van der Waals surface area contributed by atoms with Crippen molar-refractivity contribution in [2.75, 3.05) is 11.9 Å². The van der Waals surface area contributed by atoms with E-state index in [2.05, 4.69) is 32.9 Å². The van der Waals surface area contributed by atoms with Gasteiger partial charge in [0.2, 0.25) is 11.8 Å². The molecule has 2 aliphatic heterocycles. The molecule has 2 atom stereocenters. The molecule has 0 aliphatic carbocycles. The minimum atomic E-state index is -0.170. The number of carbonyl (C=O) groups excluding carboxylic acids is 2. The van der Waals surface area contributed by atoms with Gasteiger partial charge in [0.25, 0.3) is 0 Å². The smallest absolute Gasteiger partial charge is 0.247 e. The van der Waals surface area contributed by atoms with Crippen molar-refractivity contribution >= 4 is 46.3 Å². The van der Waals surface area contributed by atoms with Gasteiger partial charge in [0, 0.05) is 41.7 Å². The summed E-state index contributed by atoms with van der Waals surface area (Å²) in [6, 6.07) is 13.5. The van der Waals surface area contributed by atoms with Crippen LogP contribution in [0.25, 0.3) is 22.5 Å². The number of aromatic nitrogens is 5. The van der Waals surface area contributed by atoms with Gasteiger partial charge in [-0.1, -0.05) is 60.0 Å². The van der Waals surface area contributed by atoms with E-state index in [1.807, 2.05) is 43.1 Å². The van der Waals surface area contributed by atoms with Crippen molar-refractivity contribution in [1.29, 1.82) is 0 Å². The second-order valence-electron chi connectivity index (χ2n) is 10.6. The van der Waals surface area contributed by atoms with Crippen LogP contribution in [-0.4, -0.2) is 48.0 Å². The lowest BCUT2D eigenvalue weighted by molar-refractivity contribution is -0.129. The van der Waals surface area contributed by atoms with Crippen molar-refractivity contribution in [3.05, 3.63) is 82.2 Å². The first-order chi connectivity index (χ1) is 19.8. The maximum Gasteiger partial charge on any atom is 0.247 e. The Bertz CT molecular complexity index is 1670. The van der Waals surface area contributed by atoms with Gasteiger partial charge in [-0.2, -0.15) is 5.10 Å². The minimum absolute atomic E-state index is 0.0276. The Balaban J connectivity index is 1.36. The number of rotatable bonds is 3. The zero-order valence-electron chi connectivity index (χ0n) is 22.7. The molecule has 4 heterocycles. The highest BCUT2D eigenvalue weighted by atomic mass is 35.5. The number of nitrogens with zero attached hydrogens (tertiary/aromatic N) is 6. The fourth-order valence-corrected chi connectivity index (χ4v) is 6.07. The molecule has 41 heavy (non-hydrogen) atoms. The van der Waals surface area contributed by atoms with E-state index in [-0.39, 0.29) is 28.9 Å². The molecule has 11 heteroatoms. The molecular formula is C30H29Cl2N7O2. The molecule has 2 aromatic heterocycles.